The molecule has 0 saturated carbocycles. The van der Waals surface area contributed by atoms with Gasteiger partial charge >= 0.3 is 0 Å². The van der Waals surface area contributed by atoms with E-state index in [4.69, 9.17) is 4.42 Å². The molecule has 0 saturated heterocycles. The predicted molar refractivity (Wildman–Crippen MR) is 44.6 cm³/mol. The van der Waals surface area contributed by atoms with E-state index in [1.165, 1.54) is 5.69 Å². The van der Waals surface area contributed by atoms with Gasteiger partial charge in [-0.25, -0.2) is 0 Å². The highest BCUT2D eigenvalue weighted by Crippen LogP contribution is 2.25. The van der Waals surface area contributed by atoms with Crippen LogP contribution < -0.4 is 5.32 Å². The molecule has 3 nitrogen and oxygen atoms in total. The molecule has 0 fully saturated rings. The molecule has 12 heavy (non-hydrogen) atoms. The second-order valence-electron chi connectivity index (χ2n) is 2.94. The number of aromatic nitrogens is 1. The minimum atomic E-state index is 0.914. The Morgan fingerprint density at radius 1 is 1.50 bits per heavy atom. The minimum Gasteiger partial charge on any atom is -0.462 e. The van der Waals surface area contributed by atoms with Crippen molar-refractivity contribution in [1.29, 1.82) is 0 Å². The van der Waals surface area contributed by atoms with E-state index in [1.807, 2.05) is 6.07 Å². The van der Waals surface area contributed by atoms with Crippen molar-refractivity contribution in [1.82, 2.24) is 10.3 Å². The van der Waals surface area contributed by atoms with Crippen LogP contribution in [0.4, 0.5) is 0 Å². The van der Waals surface area contributed by atoms with Gasteiger partial charge in [-0.1, -0.05) is 0 Å². The topological polar surface area (TPSA) is 41.0 Å². The average Bonchev–Trinajstić information content (AvgIpc) is 2.62. The molecule has 0 aromatic carbocycles. The Labute approximate surface area is 69.8 Å². The standard InChI is InChI=1S/C9H8N2O/c1-3-10-5-6-7(1)11-8-2-4-12-9(6)8/h2,4,10-11H,1,3H2. The molecule has 2 aromatic rings. The maximum absolute atomic E-state index is 5.32. The van der Waals surface area contributed by atoms with Gasteiger partial charge in [-0.2, -0.15) is 0 Å². The summed E-state index contributed by atoms with van der Waals surface area (Å²) in [4.78, 5) is 3.30. The molecule has 0 bridgehead atoms. The van der Waals surface area contributed by atoms with Gasteiger partial charge in [0.2, 0.25) is 0 Å². The zero-order valence-corrected chi connectivity index (χ0v) is 6.48. The van der Waals surface area contributed by atoms with Crippen molar-refractivity contribution in [3.05, 3.63) is 30.1 Å². The summed E-state index contributed by atoms with van der Waals surface area (Å²) in [6.07, 6.45) is 2.71. The molecular weight excluding hydrogens is 152 g/mol. The number of aromatic amines is 1. The second-order valence-corrected chi connectivity index (χ2v) is 2.94. The Morgan fingerprint density at radius 2 is 2.50 bits per heavy atom. The summed E-state index contributed by atoms with van der Waals surface area (Å²) in [5.41, 5.74) is 4.26. The lowest BCUT2D eigenvalue weighted by atomic mass is 10.1. The molecule has 2 N–H and O–H groups in total. The Morgan fingerprint density at radius 3 is 3.50 bits per heavy atom. The van der Waals surface area contributed by atoms with E-state index in [9.17, 15) is 0 Å². The third-order valence-electron chi connectivity index (χ3n) is 2.19. The third-order valence-corrected chi connectivity index (χ3v) is 2.19. The average molecular weight is 160 g/mol. The fraction of sp³-hybridized carbons (Fsp3) is 0.222. The van der Waals surface area contributed by atoms with E-state index in [-0.39, 0.29) is 0 Å². The van der Waals surface area contributed by atoms with Crippen LogP contribution in [0.3, 0.4) is 0 Å². The second kappa shape index (κ2) is 2.14. The van der Waals surface area contributed by atoms with Gasteiger partial charge in [0.15, 0.2) is 5.58 Å². The smallest absolute Gasteiger partial charge is 0.157 e. The van der Waals surface area contributed by atoms with Gasteiger partial charge in [-0.15, -0.1) is 0 Å². The van der Waals surface area contributed by atoms with Crippen LogP contribution in [0.25, 0.3) is 11.1 Å². The molecular formula is C9H8N2O. The SMILES string of the molecule is [C]1NCCc2[nH]c3ccoc3c21. The predicted octanol–water partition coefficient (Wildman–Crippen LogP) is 1.29. The molecule has 3 heterocycles. The highest BCUT2D eigenvalue weighted by molar-refractivity contribution is 5.80. The number of rotatable bonds is 0. The molecule has 3 rings (SSSR count). The van der Waals surface area contributed by atoms with Gasteiger partial charge in [0.05, 0.1) is 18.3 Å². The summed E-state index contributed by atoms with van der Waals surface area (Å²) in [5, 5.41) is 3.08. The summed E-state index contributed by atoms with van der Waals surface area (Å²) in [7, 11) is 0. The van der Waals surface area contributed by atoms with E-state index in [1.54, 1.807) is 6.26 Å². The first-order valence-electron chi connectivity index (χ1n) is 4.02. The number of fused-ring (bicyclic) bond motifs is 3. The van der Waals surface area contributed by atoms with Crippen molar-refractivity contribution in [2.75, 3.05) is 6.54 Å². The highest BCUT2D eigenvalue weighted by atomic mass is 16.3. The van der Waals surface area contributed by atoms with Gasteiger partial charge in [0.25, 0.3) is 0 Å². The first kappa shape index (κ1) is 6.31. The van der Waals surface area contributed by atoms with Crippen molar-refractivity contribution in [3.63, 3.8) is 0 Å². The largest absolute Gasteiger partial charge is 0.462 e. The molecule has 60 valence electrons. The van der Waals surface area contributed by atoms with Crippen LogP contribution in [0.15, 0.2) is 16.7 Å². The van der Waals surface area contributed by atoms with E-state index in [0.29, 0.717) is 0 Å². The molecule has 0 spiro atoms. The van der Waals surface area contributed by atoms with E-state index in [2.05, 4.69) is 16.8 Å². The van der Waals surface area contributed by atoms with E-state index >= 15 is 0 Å². The maximum Gasteiger partial charge on any atom is 0.157 e. The fourth-order valence-electron chi connectivity index (χ4n) is 1.62. The van der Waals surface area contributed by atoms with Gasteiger partial charge in [-0.3, -0.25) is 0 Å². The number of nitrogens with one attached hydrogen (secondary N) is 2. The van der Waals surface area contributed by atoms with Gasteiger partial charge in [-0.05, 0) is 0 Å². The highest BCUT2D eigenvalue weighted by Gasteiger charge is 2.17. The molecule has 3 heteroatoms. The van der Waals surface area contributed by atoms with Crippen LogP contribution in [0.5, 0.6) is 0 Å². The van der Waals surface area contributed by atoms with Crippen LogP contribution in [-0.2, 0) is 6.42 Å². The molecule has 2 radical (unpaired) electrons. The summed E-state index contributed by atoms with van der Waals surface area (Å²) in [6, 6.07) is 1.94. The molecule has 1 aliphatic rings. The summed E-state index contributed by atoms with van der Waals surface area (Å²) in [6.45, 7) is 4.05. The zero-order valence-electron chi connectivity index (χ0n) is 6.48. The van der Waals surface area contributed by atoms with Crippen molar-refractivity contribution in [2.24, 2.45) is 0 Å². The Kier molecular flexibility index (Phi) is 1.12. The molecule has 0 unspecified atom stereocenters. The van der Waals surface area contributed by atoms with Crippen molar-refractivity contribution in [3.8, 4) is 0 Å². The van der Waals surface area contributed by atoms with Crippen LogP contribution >= 0.6 is 0 Å². The normalized spacial score (nSPS) is 16.7. The first-order chi connectivity index (χ1) is 5.95. The first-order valence-corrected chi connectivity index (χ1v) is 4.02. The Balaban J connectivity index is 2.34. The molecule has 1 aliphatic heterocycles. The van der Waals surface area contributed by atoms with Crippen LogP contribution in [0.2, 0.25) is 0 Å². The van der Waals surface area contributed by atoms with Gasteiger partial charge in [0, 0.05) is 30.3 Å². The minimum absolute atomic E-state index is 0.914. The maximum atomic E-state index is 5.32. The fourth-order valence-corrected chi connectivity index (χ4v) is 1.62. The van der Waals surface area contributed by atoms with Crippen molar-refractivity contribution < 1.29 is 4.42 Å². The molecule has 2 aromatic heterocycles. The summed E-state index contributed by atoms with van der Waals surface area (Å²) in [5.74, 6) is 0. The number of hydrogen-bond donors (Lipinski definition) is 2. The van der Waals surface area contributed by atoms with Crippen LogP contribution in [0.1, 0.15) is 11.3 Å². The molecule has 0 amide bonds. The van der Waals surface area contributed by atoms with E-state index in [0.717, 1.165) is 29.6 Å². The number of furan rings is 1. The van der Waals surface area contributed by atoms with Crippen molar-refractivity contribution in [2.45, 2.75) is 6.42 Å². The quantitative estimate of drug-likeness (QED) is 0.609. The van der Waals surface area contributed by atoms with E-state index < -0.39 is 0 Å². The van der Waals surface area contributed by atoms with Crippen molar-refractivity contribution >= 4 is 11.1 Å². The number of hydrogen-bond acceptors (Lipinski definition) is 2. The molecule has 0 aliphatic carbocycles. The van der Waals surface area contributed by atoms with Crippen LogP contribution in [-0.4, -0.2) is 11.5 Å². The zero-order chi connectivity index (χ0) is 7.97. The molecule has 0 atom stereocenters. The lowest BCUT2D eigenvalue weighted by Gasteiger charge is -2.09. The third kappa shape index (κ3) is 0.689. The number of H-pyrrole nitrogens is 1. The van der Waals surface area contributed by atoms with Gasteiger partial charge in [0.1, 0.15) is 0 Å². The van der Waals surface area contributed by atoms with Gasteiger partial charge < -0.3 is 14.7 Å². The Hall–Kier alpha value is -1.22. The van der Waals surface area contributed by atoms with Crippen LogP contribution in [0, 0.1) is 6.54 Å². The lowest BCUT2D eigenvalue weighted by Crippen LogP contribution is -2.20. The lowest BCUT2D eigenvalue weighted by molar-refractivity contribution is 0.610. The Bertz CT molecular complexity index is 413. The monoisotopic (exact) mass is 160 g/mol. The summed E-state index contributed by atoms with van der Waals surface area (Å²) >= 11 is 0. The summed E-state index contributed by atoms with van der Waals surface area (Å²) < 4.78 is 5.32.